The molecule has 0 aliphatic carbocycles. The molecule has 0 fully saturated rings. The van der Waals surface area contributed by atoms with Gasteiger partial charge in [-0.1, -0.05) is 18.2 Å². The molecule has 0 radical (unpaired) electrons. The summed E-state index contributed by atoms with van der Waals surface area (Å²) >= 11 is 0. The van der Waals surface area contributed by atoms with Gasteiger partial charge in [-0.05, 0) is 44.2 Å². The number of benzene rings is 2. The van der Waals surface area contributed by atoms with Gasteiger partial charge in [-0.25, -0.2) is 9.18 Å². The number of carbonyl (C=O) groups excluding carboxylic acids is 2. The van der Waals surface area contributed by atoms with Crippen molar-refractivity contribution in [3.8, 4) is 0 Å². The Hall–Kier alpha value is -2.73. The number of hydrogen-bond acceptors (Lipinski definition) is 3. The molecular formula is C20H24FN2O3+. The van der Waals surface area contributed by atoms with Crippen molar-refractivity contribution in [3.63, 3.8) is 0 Å². The number of carbonyl (C=O) groups is 2. The zero-order valence-electron chi connectivity index (χ0n) is 15.2. The van der Waals surface area contributed by atoms with Crippen LogP contribution in [0.5, 0.6) is 0 Å². The fourth-order valence-corrected chi connectivity index (χ4v) is 2.48. The first-order valence-electron chi connectivity index (χ1n) is 8.50. The largest absolute Gasteiger partial charge is 0.459 e. The fourth-order valence-electron chi connectivity index (χ4n) is 2.48. The van der Waals surface area contributed by atoms with E-state index in [0.29, 0.717) is 23.4 Å². The summed E-state index contributed by atoms with van der Waals surface area (Å²) in [5, 5.41) is 2.77. The molecule has 0 aliphatic rings. The van der Waals surface area contributed by atoms with E-state index in [0.717, 1.165) is 4.90 Å². The lowest BCUT2D eigenvalue weighted by Crippen LogP contribution is -3.08. The molecule has 1 atom stereocenters. The number of halogens is 1. The van der Waals surface area contributed by atoms with Crippen LogP contribution >= 0.6 is 0 Å². The topological polar surface area (TPSA) is 59.8 Å². The number of ether oxygens (including phenoxy) is 1. The second-order valence-electron chi connectivity index (χ2n) is 6.48. The molecule has 0 aromatic heterocycles. The summed E-state index contributed by atoms with van der Waals surface area (Å²) < 4.78 is 18.8. The minimum Gasteiger partial charge on any atom is -0.459 e. The van der Waals surface area contributed by atoms with Gasteiger partial charge in [0.2, 0.25) is 0 Å². The Morgan fingerprint density at radius 2 is 1.77 bits per heavy atom. The maximum absolute atomic E-state index is 13.7. The number of esters is 1. The third-order valence-electron chi connectivity index (χ3n) is 3.66. The van der Waals surface area contributed by atoms with Gasteiger partial charge < -0.3 is 15.0 Å². The van der Waals surface area contributed by atoms with E-state index in [9.17, 15) is 14.0 Å². The first-order valence-corrected chi connectivity index (χ1v) is 8.50. The molecule has 5 nitrogen and oxygen atoms in total. The van der Waals surface area contributed by atoms with Crippen LogP contribution < -0.4 is 10.2 Å². The number of likely N-dealkylation sites (N-methyl/N-ethyl adjacent to an activating group) is 1. The lowest BCUT2D eigenvalue weighted by molar-refractivity contribution is -0.885. The summed E-state index contributed by atoms with van der Waals surface area (Å²) in [5.41, 5.74) is 1.60. The SMILES string of the molecule is CC(C)OC(=O)c1ccc(NC(=O)C[NH+](C)Cc2ccccc2F)cc1. The van der Waals surface area contributed by atoms with Crippen LogP contribution in [0.4, 0.5) is 10.1 Å². The molecule has 2 rings (SSSR count). The van der Waals surface area contributed by atoms with Crippen LogP contribution in [0.1, 0.15) is 29.8 Å². The van der Waals surface area contributed by atoms with Crippen molar-refractivity contribution in [1.82, 2.24) is 0 Å². The predicted molar refractivity (Wildman–Crippen MR) is 97.5 cm³/mol. The van der Waals surface area contributed by atoms with Crippen molar-refractivity contribution < 1.29 is 23.6 Å². The number of anilines is 1. The molecule has 1 amide bonds. The Balaban J connectivity index is 1.87. The van der Waals surface area contributed by atoms with Crippen molar-refractivity contribution in [2.24, 2.45) is 0 Å². The van der Waals surface area contributed by atoms with Gasteiger partial charge in [0, 0.05) is 11.3 Å². The highest BCUT2D eigenvalue weighted by atomic mass is 19.1. The van der Waals surface area contributed by atoms with Crippen LogP contribution in [-0.4, -0.2) is 31.6 Å². The van der Waals surface area contributed by atoms with Crippen molar-refractivity contribution in [2.45, 2.75) is 26.5 Å². The molecule has 0 heterocycles. The minimum atomic E-state index is -0.396. The van der Waals surface area contributed by atoms with Crippen LogP contribution in [0, 0.1) is 5.82 Å². The molecule has 1 unspecified atom stereocenters. The van der Waals surface area contributed by atoms with Crippen LogP contribution in [0.3, 0.4) is 0 Å². The Morgan fingerprint density at radius 1 is 1.12 bits per heavy atom. The van der Waals surface area contributed by atoms with Crippen molar-refractivity contribution in [1.29, 1.82) is 0 Å². The maximum Gasteiger partial charge on any atom is 0.338 e. The first kappa shape index (κ1) is 19.6. The summed E-state index contributed by atoms with van der Waals surface area (Å²) in [6.45, 7) is 4.19. The molecule has 6 heteroatoms. The lowest BCUT2D eigenvalue weighted by Gasteiger charge is -2.14. The first-order chi connectivity index (χ1) is 12.3. The van der Waals surface area contributed by atoms with Gasteiger partial charge in [-0.15, -0.1) is 0 Å². The fraction of sp³-hybridized carbons (Fsp3) is 0.300. The standard InChI is InChI=1S/C20H23FN2O3/c1-14(2)26-20(25)15-8-10-17(11-9-15)22-19(24)13-23(3)12-16-6-4-5-7-18(16)21/h4-11,14H,12-13H2,1-3H3,(H,22,24)/p+1. The molecular weight excluding hydrogens is 335 g/mol. The van der Waals surface area contributed by atoms with E-state index in [1.807, 2.05) is 7.05 Å². The van der Waals surface area contributed by atoms with Gasteiger partial charge in [0.25, 0.3) is 5.91 Å². The summed E-state index contributed by atoms with van der Waals surface area (Å²) in [7, 11) is 1.83. The number of nitrogens with one attached hydrogen (secondary N) is 2. The highest BCUT2D eigenvalue weighted by Gasteiger charge is 2.14. The Morgan fingerprint density at radius 3 is 2.38 bits per heavy atom. The summed E-state index contributed by atoms with van der Waals surface area (Å²) in [6, 6.07) is 13.1. The average Bonchev–Trinajstić information content (AvgIpc) is 2.56. The summed E-state index contributed by atoms with van der Waals surface area (Å²) in [6.07, 6.45) is -0.185. The van der Waals surface area contributed by atoms with Crippen LogP contribution in [-0.2, 0) is 16.1 Å². The van der Waals surface area contributed by atoms with Gasteiger partial charge in [-0.3, -0.25) is 4.79 Å². The highest BCUT2D eigenvalue weighted by molar-refractivity contribution is 5.93. The zero-order chi connectivity index (χ0) is 19.1. The third-order valence-corrected chi connectivity index (χ3v) is 3.66. The zero-order valence-corrected chi connectivity index (χ0v) is 15.2. The van der Waals surface area contributed by atoms with Crippen LogP contribution in [0.15, 0.2) is 48.5 Å². The molecule has 2 aromatic carbocycles. The Bertz CT molecular complexity index is 760. The molecule has 138 valence electrons. The van der Waals surface area contributed by atoms with Gasteiger partial charge in [0.1, 0.15) is 12.4 Å². The third kappa shape index (κ3) is 5.97. The Labute approximate surface area is 152 Å². The highest BCUT2D eigenvalue weighted by Crippen LogP contribution is 2.11. The van der Waals surface area contributed by atoms with E-state index in [1.54, 1.807) is 56.3 Å². The lowest BCUT2D eigenvalue weighted by atomic mass is 10.2. The molecule has 2 aromatic rings. The molecule has 2 N–H and O–H groups in total. The van der Waals surface area contributed by atoms with Crippen molar-refractivity contribution in [2.75, 3.05) is 18.9 Å². The molecule has 0 spiro atoms. The smallest absolute Gasteiger partial charge is 0.338 e. The van der Waals surface area contributed by atoms with E-state index in [-0.39, 0.29) is 24.4 Å². The van der Waals surface area contributed by atoms with E-state index in [4.69, 9.17) is 4.74 Å². The minimum absolute atomic E-state index is 0.184. The van der Waals surface area contributed by atoms with Crippen molar-refractivity contribution >= 4 is 17.6 Å². The van der Waals surface area contributed by atoms with Gasteiger partial charge in [0.15, 0.2) is 6.54 Å². The van der Waals surface area contributed by atoms with Crippen molar-refractivity contribution in [3.05, 3.63) is 65.5 Å². The number of quaternary nitrogens is 1. The normalized spacial score (nSPS) is 11.9. The number of amides is 1. The van der Waals surface area contributed by atoms with Gasteiger partial charge in [-0.2, -0.15) is 0 Å². The quantitative estimate of drug-likeness (QED) is 0.744. The molecule has 0 saturated carbocycles. The Kier molecular flexibility index (Phi) is 6.86. The molecule has 0 bridgehead atoms. The second-order valence-corrected chi connectivity index (χ2v) is 6.48. The molecule has 0 saturated heterocycles. The summed E-state index contributed by atoms with van der Waals surface area (Å²) in [5.74, 6) is -0.848. The number of rotatable bonds is 7. The predicted octanol–water partition coefficient (Wildman–Crippen LogP) is 2.04. The number of hydrogen-bond donors (Lipinski definition) is 2. The van der Waals surface area contributed by atoms with Gasteiger partial charge in [0.05, 0.1) is 18.7 Å². The van der Waals surface area contributed by atoms with E-state index >= 15 is 0 Å². The molecule has 0 aliphatic heterocycles. The van der Waals surface area contributed by atoms with Crippen LogP contribution in [0.25, 0.3) is 0 Å². The maximum atomic E-state index is 13.7. The summed E-state index contributed by atoms with van der Waals surface area (Å²) in [4.78, 5) is 24.8. The van der Waals surface area contributed by atoms with E-state index in [2.05, 4.69) is 5.32 Å². The average molecular weight is 359 g/mol. The van der Waals surface area contributed by atoms with E-state index < -0.39 is 5.97 Å². The molecule has 26 heavy (non-hydrogen) atoms. The second kappa shape index (κ2) is 9.10. The van der Waals surface area contributed by atoms with Crippen LogP contribution in [0.2, 0.25) is 0 Å². The monoisotopic (exact) mass is 359 g/mol. The van der Waals surface area contributed by atoms with Gasteiger partial charge >= 0.3 is 5.97 Å². The van der Waals surface area contributed by atoms with E-state index in [1.165, 1.54) is 6.07 Å².